The van der Waals surface area contributed by atoms with Gasteiger partial charge in [-0.1, -0.05) is 41.4 Å². The molecule has 4 nitrogen and oxygen atoms in total. The zero-order valence-electron chi connectivity index (χ0n) is 11.1. The Hall–Kier alpha value is -2.07. The van der Waals surface area contributed by atoms with Crippen molar-refractivity contribution in [1.29, 1.82) is 0 Å². The maximum absolute atomic E-state index is 10.6. The van der Waals surface area contributed by atoms with E-state index in [1.54, 1.807) is 6.07 Å². The first kappa shape index (κ1) is 14.3. The molecule has 0 aliphatic rings. The van der Waals surface area contributed by atoms with Crippen LogP contribution in [-0.2, 0) is 6.42 Å². The van der Waals surface area contributed by atoms with Crippen molar-refractivity contribution >= 4 is 23.0 Å². The van der Waals surface area contributed by atoms with Gasteiger partial charge >= 0.3 is 0 Å². The minimum absolute atomic E-state index is 0.000709. The number of non-ortho nitro benzene ring substituents is 1. The summed E-state index contributed by atoms with van der Waals surface area (Å²) in [4.78, 5) is 10.2. The largest absolute Gasteiger partial charge is 0.384 e. The van der Waals surface area contributed by atoms with Gasteiger partial charge in [-0.05, 0) is 25.0 Å². The number of rotatable bonds is 5. The maximum atomic E-state index is 10.6. The number of benzene rings is 2. The van der Waals surface area contributed by atoms with Crippen LogP contribution in [0.2, 0.25) is 5.02 Å². The van der Waals surface area contributed by atoms with E-state index >= 15 is 0 Å². The highest BCUT2D eigenvalue weighted by Gasteiger charge is 2.08. The molecule has 0 saturated heterocycles. The molecular formula is C15H15ClN2O2. The first-order valence-electron chi connectivity index (χ1n) is 6.29. The Balaban J connectivity index is 1.96. The zero-order valence-corrected chi connectivity index (χ0v) is 11.9. The fraction of sp³-hybridized carbons (Fsp3) is 0.200. The molecule has 0 spiro atoms. The molecule has 0 atom stereocenters. The third-order valence-corrected chi connectivity index (χ3v) is 3.29. The molecule has 104 valence electrons. The van der Waals surface area contributed by atoms with Gasteiger partial charge in [-0.3, -0.25) is 10.1 Å². The smallest absolute Gasteiger partial charge is 0.271 e. The molecule has 0 aromatic heterocycles. The Morgan fingerprint density at radius 3 is 2.70 bits per heavy atom. The highest BCUT2D eigenvalue weighted by molar-refractivity contribution is 6.33. The van der Waals surface area contributed by atoms with Crippen molar-refractivity contribution in [3.8, 4) is 0 Å². The van der Waals surface area contributed by atoms with Crippen molar-refractivity contribution in [1.82, 2.24) is 0 Å². The van der Waals surface area contributed by atoms with Gasteiger partial charge in [0.15, 0.2) is 0 Å². The van der Waals surface area contributed by atoms with Crippen LogP contribution in [0.15, 0.2) is 42.5 Å². The standard InChI is InChI=1S/C15H15ClN2O2/c1-11-3-2-4-12(9-11)7-8-17-15-6-5-13(18(19)20)10-14(15)16/h2-6,9-10,17H,7-8H2,1H3. The maximum Gasteiger partial charge on any atom is 0.271 e. The van der Waals surface area contributed by atoms with Crippen LogP contribution in [0, 0.1) is 17.0 Å². The monoisotopic (exact) mass is 290 g/mol. The van der Waals surface area contributed by atoms with E-state index in [1.165, 1.54) is 23.3 Å². The van der Waals surface area contributed by atoms with Crippen molar-refractivity contribution in [3.63, 3.8) is 0 Å². The van der Waals surface area contributed by atoms with Crippen molar-refractivity contribution in [2.45, 2.75) is 13.3 Å². The number of nitro benzene ring substituents is 1. The van der Waals surface area contributed by atoms with E-state index in [1.807, 2.05) is 6.07 Å². The predicted molar refractivity (Wildman–Crippen MR) is 81.5 cm³/mol. The van der Waals surface area contributed by atoms with Gasteiger partial charge in [0.2, 0.25) is 0 Å². The predicted octanol–water partition coefficient (Wildman–Crippen LogP) is 4.21. The average molecular weight is 291 g/mol. The molecule has 0 radical (unpaired) electrons. The van der Waals surface area contributed by atoms with Crippen LogP contribution >= 0.6 is 11.6 Å². The fourth-order valence-corrected chi connectivity index (χ4v) is 2.21. The molecule has 0 aliphatic heterocycles. The fourth-order valence-electron chi connectivity index (χ4n) is 1.97. The molecule has 0 fully saturated rings. The highest BCUT2D eigenvalue weighted by Crippen LogP contribution is 2.26. The SMILES string of the molecule is Cc1cccc(CCNc2ccc([N+](=O)[O-])cc2Cl)c1. The number of nitrogens with one attached hydrogen (secondary N) is 1. The van der Waals surface area contributed by atoms with Gasteiger partial charge in [-0.25, -0.2) is 0 Å². The van der Waals surface area contributed by atoms with E-state index in [0.29, 0.717) is 10.7 Å². The van der Waals surface area contributed by atoms with E-state index in [0.717, 1.165) is 13.0 Å². The molecule has 0 amide bonds. The molecule has 0 aliphatic carbocycles. The summed E-state index contributed by atoms with van der Waals surface area (Å²) < 4.78 is 0. The normalized spacial score (nSPS) is 10.3. The number of anilines is 1. The third kappa shape index (κ3) is 3.71. The molecule has 0 saturated carbocycles. The Bertz CT molecular complexity index is 629. The van der Waals surface area contributed by atoms with Crippen LogP contribution in [0.4, 0.5) is 11.4 Å². The van der Waals surface area contributed by atoms with Crippen LogP contribution in [0.1, 0.15) is 11.1 Å². The lowest BCUT2D eigenvalue weighted by molar-refractivity contribution is -0.384. The summed E-state index contributed by atoms with van der Waals surface area (Å²) in [5.41, 5.74) is 3.19. The summed E-state index contributed by atoms with van der Waals surface area (Å²) >= 11 is 6.01. The van der Waals surface area contributed by atoms with Crippen LogP contribution in [0.3, 0.4) is 0 Å². The molecule has 20 heavy (non-hydrogen) atoms. The van der Waals surface area contributed by atoms with Crippen LogP contribution in [-0.4, -0.2) is 11.5 Å². The van der Waals surface area contributed by atoms with Gasteiger partial charge in [0, 0.05) is 18.7 Å². The van der Waals surface area contributed by atoms with Crippen molar-refractivity contribution in [3.05, 3.63) is 68.7 Å². The van der Waals surface area contributed by atoms with Gasteiger partial charge < -0.3 is 5.32 Å². The van der Waals surface area contributed by atoms with E-state index < -0.39 is 4.92 Å². The Morgan fingerprint density at radius 2 is 2.05 bits per heavy atom. The molecule has 2 aromatic rings. The summed E-state index contributed by atoms with van der Waals surface area (Å²) in [7, 11) is 0. The lowest BCUT2D eigenvalue weighted by atomic mass is 10.1. The number of hydrogen-bond acceptors (Lipinski definition) is 3. The Morgan fingerprint density at radius 1 is 1.25 bits per heavy atom. The second kappa shape index (κ2) is 6.39. The molecule has 2 aromatic carbocycles. The lowest BCUT2D eigenvalue weighted by Gasteiger charge is -2.08. The molecule has 0 heterocycles. The van der Waals surface area contributed by atoms with Gasteiger partial charge in [0.1, 0.15) is 0 Å². The Labute approximate surface area is 122 Å². The molecule has 0 unspecified atom stereocenters. The van der Waals surface area contributed by atoms with Crippen LogP contribution in [0.25, 0.3) is 0 Å². The number of hydrogen-bond donors (Lipinski definition) is 1. The number of nitrogens with zero attached hydrogens (tertiary/aromatic N) is 1. The molecular weight excluding hydrogens is 276 g/mol. The average Bonchev–Trinajstić information content (AvgIpc) is 2.40. The summed E-state index contributed by atoms with van der Waals surface area (Å²) in [6, 6.07) is 12.7. The van der Waals surface area contributed by atoms with Crippen LogP contribution in [0.5, 0.6) is 0 Å². The van der Waals surface area contributed by atoms with E-state index in [4.69, 9.17) is 11.6 Å². The second-order valence-electron chi connectivity index (χ2n) is 4.59. The topological polar surface area (TPSA) is 55.2 Å². The van der Waals surface area contributed by atoms with Gasteiger partial charge in [-0.2, -0.15) is 0 Å². The Kier molecular flexibility index (Phi) is 4.58. The molecule has 2 rings (SSSR count). The number of halogens is 1. The van der Waals surface area contributed by atoms with Gasteiger partial charge in [-0.15, -0.1) is 0 Å². The first-order chi connectivity index (χ1) is 9.56. The summed E-state index contributed by atoms with van der Waals surface area (Å²) in [6.45, 7) is 2.78. The first-order valence-corrected chi connectivity index (χ1v) is 6.67. The summed E-state index contributed by atoms with van der Waals surface area (Å²) in [6.07, 6.45) is 0.870. The molecule has 5 heteroatoms. The van der Waals surface area contributed by atoms with Crippen molar-refractivity contribution in [2.24, 2.45) is 0 Å². The lowest BCUT2D eigenvalue weighted by Crippen LogP contribution is -2.05. The van der Waals surface area contributed by atoms with E-state index in [9.17, 15) is 10.1 Å². The van der Waals surface area contributed by atoms with Crippen molar-refractivity contribution < 1.29 is 4.92 Å². The number of aryl methyl sites for hydroxylation is 1. The quantitative estimate of drug-likeness (QED) is 0.663. The van der Waals surface area contributed by atoms with Crippen molar-refractivity contribution in [2.75, 3.05) is 11.9 Å². The second-order valence-corrected chi connectivity index (χ2v) is 4.99. The molecule has 0 bridgehead atoms. The summed E-state index contributed by atoms with van der Waals surface area (Å²) in [5, 5.41) is 14.2. The highest BCUT2D eigenvalue weighted by atomic mass is 35.5. The van der Waals surface area contributed by atoms with E-state index in [2.05, 4.69) is 30.4 Å². The minimum atomic E-state index is -0.456. The van der Waals surface area contributed by atoms with E-state index in [-0.39, 0.29) is 5.69 Å². The third-order valence-electron chi connectivity index (χ3n) is 2.98. The summed E-state index contributed by atoms with van der Waals surface area (Å²) in [5.74, 6) is 0. The minimum Gasteiger partial charge on any atom is -0.384 e. The molecule has 1 N–H and O–H groups in total. The van der Waals surface area contributed by atoms with Gasteiger partial charge in [0.05, 0.1) is 15.6 Å². The zero-order chi connectivity index (χ0) is 14.5. The van der Waals surface area contributed by atoms with Crippen LogP contribution < -0.4 is 5.32 Å². The van der Waals surface area contributed by atoms with Gasteiger partial charge in [0.25, 0.3) is 5.69 Å². The number of nitro groups is 1.